The number of aromatic nitrogens is 2. The Balaban J connectivity index is 1.41. The third kappa shape index (κ3) is 7.55. The quantitative estimate of drug-likeness (QED) is 0.134. The molecule has 0 bridgehead atoms. The van der Waals surface area contributed by atoms with Gasteiger partial charge in [-0.15, -0.1) is 0 Å². The molecule has 1 aliphatic rings. The normalized spacial score (nSPS) is 12.6. The highest BCUT2D eigenvalue weighted by atomic mass is 19.3. The minimum atomic E-state index is -2.85. The molecule has 230 valence electrons. The molecule has 5 nitrogen and oxygen atoms in total. The third-order valence-electron chi connectivity index (χ3n) is 8.14. The Hall–Kier alpha value is -4.62. The van der Waals surface area contributed by atoms with Gasteiger partial charge in [-0.3, -0.25) is 9.89 Å². The van der Waals surface area contributed by atoms with Crippen LogP contribution in [-0.2, 0) is 32.6 Å². The number of alkyl halides is 2. The van der Waals surface area contributed by atoms with E-state index in [0.717, 1.165) is 71.8 Å². The molecule has 0 saturated heterocycles. The van der Waals surface area contributed by atoms with Crippen LogP contribution in [0.5, 0.6) is 5.75 Å². The molecule has 0 aliphatic carbocycles. The number of halogens is 2. The van der Waals surface area contributed by atoms with E-state index in [-0.39, 0.29) is 5.75 Å². The number of nitrogens with zero attached hydrogens (tertiary/aromatic N) is 4. The first-order valence-electron chi connectivity index (χ1n) is 15.7. The van der Waals surface area contributed by atoms with Crippen LogP contribution >= 0.6 is 0 Å². The largest absolute Gasteiger partial charge is 0.435 e. The number of aryl methyl sites for hydroxylation is 1. The Kier molecular flexibility index (Phi) is 9.76. The molecule has 0 N–H and O–H groups in total. The van der Waals surface area contributed by atoms with Gasteiger partial charge in [0.15, 0.2) is 0 Å². The molecule has 1 aliphatic heterocycles. The lowest BCUT2D eigenvalue weighted by Gasteiger charge is -2.25. The predicted octanol–water partition coefficient (Wildman–Crippen LogP) is 9.47. The second-order valence-electron chi connectivity index (χ2n) is 11.4. The predicted molar refractivity (Wildman–Crippen MR) is 177 cm³/mol. The molecule has 0 amide bonds. The van der Waals surface area contributed by atoms with Crippen LogP contribution in [-0.4, -0.2) is 27.3 Å². The molecule has 0 fully saturated rings. The highest BCUT2D eigenvalue weighted by Crippen LogP contribution is 2.32. The zero-order chi connectivity index (χ0) is 31.0. The van der Waals surface area contributed by atoms with E-state index < -0.39 is 6.61 Å². The zero-order valence-electron chi connectivity index (χ0n) is 25.6. The van der Waals surface area contributed by atoms with Crippen LogP contribution in [0, 0.1) is 0 Å². The van der Waals surface area contributed by atoms with Gasteiger partial charge in [0.2, 0.25) is 0 Å². The molecule has 6 rings (SSSR count). The zero-order valence-corrected chi connectivity index (χ0v) is 25.6. The molecule has 7 heteroatoms. The van der Waals surface area contributed by atoms with Crippen LogP contribution in [0.2, 0.25) is 0 Å². The SMILES string of the molecule is CCCCn1c(-c2ccccc2)nc(-c2ccccc2)c1CN(Cc1ccc(OC(F)F)cc1)Cc1ccc2c(c1)CCC=N2. The summed E-state index contributed by atoms with van der Waals surface area (Å²) in [5.41, 5.74) is 8.87. The number of benzene rings is 4. The van der Waals surface area contributed by atoms with Crippen LogP contribution in [0.25, 0.3) is 22.6 Å². The standard InChI is InChI=1S/C38H38F2N4O/c1-2-3-23-44-35(36(30-11-6-4-7-12-30)42-37(44)31-13-8-5-9-14-31)27-43(25-28-16-19-33(20-17-28)45-38(39)40)26-29-18-21-34-32(24-29)15-10-22-41-34/h4-9,11-14,16-22,24,38H,2-3,10,15,23,25-27H2,1H3. The maximum absolute atomic E-state index is 12.8. The Bertz CT molecular complexity index is 1720. The summed E-state index contributed by atoms with van der Waals surface area (Å²) in [5.74, 6) is 1.13. The van der Waals surface area contributed by atoms with E-state index >= 15 is 0 Å². The fourth-order valence-electron chi connectivity index (χ4n) is 5.96. The first-order valence-corrected chi connectivity index (χ1v) is 15.7. The summed E-state index contributed by atoms with van der Waals surface area (Å²) in [7, 11) is 0. The average Bonchev–Trinajstić information content (AvgIpc) is 3.42. The van der Waals surface area contributed by atoms with Crippen molar-refractivity contribution in [3.8, 4) is 28.4 Å². The third-order valence-corrected chi connectivity index (χ3v) is 8.14. The molecule has 0 radical (unpaired) electrons. The van der Waals surface area contributed by atoms with Gasteiger partial charge in [0, 0.05) is 43.5 Å². The molecule has 0 saturated carbocycles. The van der Waals surface area contributed by atoms with E-state index in [2.05, 4.69) is 92.9 Å². The van der Waals surface area contributed by atoms with E-state index in [0.29, 0.717) is 19.6 Å². The number of ether oxygens (including phenoxy) is 1. The van der Waals surface area contributed by atoms with Crippen molar-refractivity contribution in [3.63, 3.8) is 0 Å². The second kappa shape index (κ2) is 14.4. The first kappa shape index (κ1) is 30.4. The minimum Gasteiger partial charge on any atom is -0.435 e. The van der Waals surface area contributed by atoms with Crippen molar-refractivity contribution in [2.45, 2.75) is 65.4 Å². The Morgan fingerprint density at radius 3 is 2.22 bits per heavy atom. The van der Waals surface area contributed by atoms with Crippen LogP contribution in [0.15, 0.2) is 108 Å². The summed E-state index contributed by atoms with van der Waals surface area (Å²) in [5, 5.41) is 0. The Labute approximate surface area is 263 Å². The molecule has 2 heterocycles. The van der Waals surface area contributed by atoms with Crippen molar-refractivity contribution in [2.24, 2.45) is 4.99 Å². The molecule has 0 unspecified atom stereocenters. The fraction of sp³-hybridized carbons (Fsp3) is 0.263. The van der Waals surface area contributed by atoms with E-state index in [9.17, 15) is 8.78 Å². The Morgan fingerprint density at radius 2 is 1.51 bits per heavy atom. The second-order valence-corrected chi connectivity index (χ2v) is 11.4. The molecular formula is C38H38F2N4O. The average molecular weight is 605 g/mol. The lowest BCUT2D eigenvalue weighted by atomic mass is 10.0. The fourth-order valence-corrected chi connectivity index (χ4v) is 5.96. The van der Waals surface area contributed by atoms with Crippen LogP contribution in [0.1, 0.15) is 48.6 Å². The summed E-state index contributed by atoms with van der Waals surface area (Å²) < 4.78 is 32.6. The van der Waals surface area contributed by atoms with E-state index in [1.54, 1.807) is 12.1 Å². The van der Waals surface area contributed by atoms with Crippen molar-refractivity contribution in [1.82, 2.24) is 14.5 Å². The highest BCUT2D eigenvalue weighted by molar-refractivity contribution is 5.69. The maximum atomic E-state index is 12.8. The van der Waals surface area contributed by atoms with Crippen LogP contribution < -0.4 is 4.74 Å². The van der Waals surface area contributed by atoms with Gasteiger partial charge in [-0.25, -0.2) is 4.98 Å². The molecule has 0 spiro atoms. The summed E-state index contributed by atoms with van der Waals surface area (Å²) >= 11 is 0. The molecule has 45 heavy (non-hydrogen) atoms. The topological polar surface area (TPSA) is 42.7 Å². The van der Waals surface area contributed by atoms with Crippen molar-refractivity contribution in [1.29, 1.82) is 0 Å². The molecule has 0 atom stereocenters. The van der Waals surface area contributed by atoms with E-state index in [1.165, 1.54) is 11.1 Å². The van der Waals surface area contributed by atoms with Crippen LogP contribution in [0.3, 0.4) is 0 Å². The number of fused-ring (bicyclic) bond motifs is 1. The maximum Gasteiger partial charge on any atom is 0.387 e. The molecule has 5 aromatic rings. The van der Waals surface area contributed by atoms with Gasteiger partial charge in [-0.2, -0.15) is 8.78 Å². The van der Waals surface area contributed by atoms with Crippen LogP contribution in [0.4, 0.5) is 14.5 Å². The monoisotopic (exact) mass is 604 g/mol. The van der Waals surface area contributed by atoms with E-state index in [1.807, 2.05) is 30.5 Å². The van der Waals surface area contributed by atoms with Gasteiger partial charge in [0.05, 0.1) is 17.1 Å². The van der Waals surface area contributed by atoms with Gasteiger partial charge in [0.1, 0.15) is 11.6 Å². The molecule has 4 aromatic carbocycles. The summed E-state index contributed by atoms with van der Waals surface area (Å²) in [6.45, 7) is 2.21. The summed E-state index contributed by atoms with van der Waals surface area (Å²) in [6.07, 6.45) is 6.03. The van der Waals surface area contributed by atoms with Crippen molar-refractivity contribution < 1.29 is 13.5 Å². The number of imidazole rings is 1. The summed E-state index contributed by atoms with van der Waals surface area (Å²) in [4.78, 5) is 12.3. The minimum absolute atomic E-state index is 0.159. The van der Waals surface area contributed by atoms with Gasteiger partial charge < -0.3 is 9.30 Å². The lowest BCUT2D eigenvalue weighted by Crippen LogP contribution is -2.25. The molecule has 1 aromatic heterocycles. The summed E-state index contributed by atoms with van der Waals surface area (Å²) in [6, 6.07) is 34.3. The van der Waals surface area contributed by atoms with Crippen molar-refractivity contribution >= 4 is 11.9 Å². The Morgan fingerprint density at radius 1 is 0.822 bits per heavy atom. The number of rotatable bonds is 13. The van der Waals surface area contributed by atoms with Gasteiger partial charge in [-0.1, -0.05) is 98.3 Å². The van der Waals surface area contributed by atoms with Gasteiger partial charge >= 0.3 is 6.61 Å². The number of aliphatic imine (C=N–C) groups is 1. The lowest BCUT2D eigenvalue weighted by molar-refractivity contribution is -0.0498. The van der Waals surface area contributed by atoms with Gasteiger partial charge in [-0.05, 0) is 54.2 Å². The van der Waals surface area contributed by atoms with E-state index in [4.69, 9.17) is 4.98 Å². The smallest absolute Gasteiger partial charge is 0.387 e. The number of hydrogen-bond donors (Lipinski definition) is 0. The number of hydrogen-bond acceptors (Lipinski definition) is 4. The van der Waals surface area contributed by atoms with Crippen molar-refractivity contribution in [2.75, 3.05) is 0 Å². The number of unbranched alkanes of at least 4 members (excludes halogenated alkanes) is 1. The van der Waals surface area contributed by atoms with Gasteiger partial charge in [0.25, 0.3) is 0 Å². The highest BCUT2D eigenvalue weighted by Gasteiger charge is 2.22. The van der Waals surface area contributed by atoms with Crippen molar-refractivity contribution in [3.05, 3.63) is 126 Å². The first-order chi connectivity index (χ1) is 22.1. The molecular weight excluding hydrogens is 566 g/mol.